The van der Waals surface area contributed by atoms with Gasteiger partial charge >= 0.3 is 0 Å². The number of tetrazole rings is 1. The van der Waals surface area contributed by atoms with E-state index in [0.717, 1.165) is 22.5 Å². The number of aryl methyl sites for hydroxylation is 1. The molecule has 0 aliphatic carbocycles. The van der Waals surface area contributed by atoms with E-state index in [1.807, 2.05) is 44.2 Å². The van der Waals surface area contributed by atoms with Crippen molar-refractivity contribution in [1.82, 2.24) is 20.2 Å². The molecule has 1 N–H and O–H groups in total. The van der Waals surface area contributed by atoms with E-state index in [1.165, 1.54) is 11.0 Å². The van der Waals surface area contributed by atoms with Gasteiger partial charge in [0.25, 0.3) is 0 Å². The van der Waals surface area contributed by atoms with Crippen LogP contribution < -0.4 is 10.2 Å². The number of carbonyl (C=O) groups is 2. The standard InChI is InChI=1S/C20H20N6O2/c1-13-5-3-8-18(14(13)2)25-11-15(9-19(25)27)20(28)22-16-6-4-7-17(10-16)26-12-21-23-24-26/h3-8,10,12,15H,9,11H2,1-2H3,(H,22,28)/t15-/m1/s1. The Labute approximate surface area is 162 Å². The molecule has 1 aliphatic rings. The van der Waals surface area contributed by atoms with Crippen LogP contribution in [-0.2, 0) is 9.59 Å². The minimum Gasteiger partial charge on any atom is -0.326 e. The molecule has 1 fully saturated rings. The lowest BCUT2D eigenvalue weighted by Gasteiger charge is -2.20. The Morgan fingerprint density at radius 1 is 1.18 bits per heavy atom. The first-order valence-electron chi connectivity index (χ1n) is 9.04. The van der Waals surface area contributed by atoms with Crippen molar-refractivity contribution < 1.29 is 9.59 Å². The predicted molar refractivity (Wildman–Crippen MR) is 104 cm³/mol. The molecule has 4 rings (SSSR count). The maximum atomic E-state index is 12.7. The largest absolute Gasteiger partial charge is 0.326 e. The van der Waals surface area contributed by atoms with Crippen molar-refractivity contribution in [2.24, 2.45) is 5.92 Å². The Morgan fingerprint density at radius 2 is 2.00 bits per heavy atom. The molecule has 8 nitrogen and oxygen atoms in total. The summed E-state index contributed by atoms with van der Waals surface area (Å²) in [6, 6.07) is 13.1. The number of nitrogens with zero attached hydrogens (tertiary/aromatic N) is 5. The van der Waals surface area contributed by atoms with Gasteiger partial charge in [-0.15, -0.1) is 5.10 Å². The fourth-order valence-corrected chi connectivity index (χ4v) is 3.39. The molecule has 1 atom stereocenters. The third-order valence-electron chi connectivity index (χ3n) is 5.09. The highest BCUT2D eigenvalue weighted by Crippen LogP contribution is 2.30. The molecule has 1 aromatic heterocycles. The molecule has 2 heterocycles. The number of aromatic nitrogens is 4. The van der Waals surface area contributed by atoms with Gasteiger partial charge in [0.05, 0.1) is 11.6 Å². The van der Waals surface area contributed by atoms with Crippen LogP contribution in [0, 0.1) is 19.8 Å². The highest BCUT2D eigenvalue weighted by Gasteiger charge is 2.35. The SMILES string of the molecule is Cc1cccc(N2C[C@H](C(=O)Nc3cccc(-n4cnnn4)c3)CC2=O)c1C. The van der Waals surface area contributed by atoms with Gasteiger partial charge in [0.2, 0.25) is 11.8 Å². The van der Waals surface area contributed by atoms with Gasteiger partial charge in [-0.3, -0.25) is 9.59 Å². The van der Waals surface area contributed by atoms with Crippen LogP contribution in [0.1, 0.15) is 17.5 Å². The van der Waals surface area contributed by atoms with Crippen LogP contribution in [0.4, 0.5) is 11.4 Å². The summed E-state index contributed by atoms with van der Waals surface area (Å²) in [4.78, 5) is 27.0. The number of hydrogen-bond donors (Lipinski definition) is 1. The fourth-order valence-electron chi connectivity index (χ4n) is 3.39. The molecule has 0 saturated carbocycles. The van der Waals surface area contributed by atoms with Crippen molar-refractivity contribution in [3.05, 3.63) is 59.9 Å². The van der Waals surface area contributed by atoms with E-state index in [1.54, 1.807) is 17.0 Å². The number of amides is 2. The van der Waals surface area contributed by atoms with E-state index in [4.69, 9.17) is 0 Å². The van der Waals surface area contributed by atoms with Crippen LogP contribution in [0.3, 0.4) is 0 Å². The van der Waals surface area contributed by atoms with Crippen molar-refractivity contribution >= 4 is 23.2 Å². The van der Waals surface area contributed by atoms with Crippen LogP contribution in [0.15, 0.2) is 48.8 Å². The molecule has 2 amide bonds. The summed E-state index contributed by atoms with van der Waals surface area (Å²) in [5.41, 5.74) is 4.43. The molecule has 0 unspecified atom stereocenters. The second kappa shape index (κ2) is 7.22. The zero-order valence-corrected chi connectivity index (χ0v) is 15.7. The van der Waals surface area contributed by atoms with E-state index < -0.39 is 5.92 Å². The Balaban J connectivity index is 1.48. The van der Waals surface area contributed by atoms with Crippen LogP contribution >= 0.6 is 0 Å². The summed E-state index contributed by atoms with van der Waals surface area (Å²) in [5, 5.41) is 14.0. The van der Waals surface area contributed by atoms with Crippen molar-refractivity contribution in [1.29, 1.82) is 0 Å². The Hall–Kier alpha value is -3.55. The summed E-state index contributed by atoms with van der Waals surface area (Å²) < 4.78 is 1.51. The van der Waals surface area contributed by atoms with E-state index >= 15 is 0 Å². The molecule has 0 spiro atoms. The van der Waals surface area contributed by atoms with Crippen LogP contribution in [-0.4, -0.2) is 38.6 Å². The first-order valence-corrected chi connectivity index (χ1v) is 9.04. The van der Waals surface area contributed by atoms with Crippen molar-refractivity contribution in [2.75, 3.05) is 16.8 Å². The van der Waals surface area contributed by atoms with E-state index in [9.17, 15) is 9.59 Å². The Bertz CT molecular complexity index is 1030. The summed E-state index contributed by atoms with van der Waals surface area (Å²) >= 11 is 0. The number of nitrogens with one attached hydrogen (secondary N) is 1. The van der Waals surface area contributed by atoms with Crippen LogP contribution in [0.5, 0.6) is 0 Å². The first kappa shape index (κ1) is 17.8. The van der Waals surface area contributed by atoms with Crippen molar-refractivity contribution in [2.45, 2.75) is 20.3 Å². The zero-order chi connectivity index (χ0) is 19.7. The number of carbonyl (C=O) groups excluding carboxylic acids is 2. The molecular weight excluding hydrogens is 356 g/mol. The topological polar surface area (TPSA) is 93.0 Å². The monoisotopic (exact) mass is 376 g/mol. The molecule has 142 valence electrons. The molecule has 3 aromatic rings. The van der Waals surface area contributed by atoms with Crippen LogP contribution in [0.2, 0.25) is 0 Å². The Morgan fingerprint density at radius 3 is 2.79 bits per heavy atom. The molecule has 1 saturated heterocycles. The molecule has 28 heavy (non-hydrogen) atoms. The lowest BCUT2D eigenvalue weighted by Crippen LogP contribution is -2.28. The molecule has 2 aromatic carbocycles. The number of hydrogen-bond acceptors (Lipinski definition) is 5. The highest BCUT2D eigenvalue weighted by atomic mass is 16.2. The number of rotatable bonds is 4. The average Bonchev–Trinajstić information content (AvgIpc) is 3.34. The third-order valence-corrected chi connectivity index (χ3v) is 5.09. The lowest BCUT2D eigenvalue weighted by atomic mass is 10.1. The molecule has 0 radical (unpaired) electrons. The first-order chi connectivity index (χ1) is 13.5. The van der Waals surface area contributed by atoms with Gasteiger partial charge in [-0.2, -0.15) is 0 Å². The minimum absolute atomic E-state index is 0.0312. The van der Waals surface area contributed by atoms with Gasteiger partial charge < -0.3 is 10.2 Å². The van der Waals surface area contributed by atoms with Gasteiger partial charge in [-0.25, -0.2) is 4.68 Å². The third kappa shape index (κ3) is 3.36. The number of anilines is 2. The lowest BCUT2D eigenvalue weighted by molar-refractivity contribution is -0.122. The van der Waals surface area contributed by atoms with Gasteiger partial charge in [0.1, 0.15) is 6.33 Å². The maximum Gasteiger partial charge on any atom is 0.229 e. The van der Waals surface area contributed by atoms with Gasteiger partial charge in [0, 0.05) is 24.3 Å². The highest BCUT2D eigenvalue weighted by molar-refractivity contribution is 6.04. The second-order valence-corrected chi connectivity index (χ2v) is 6.92. The zero-order valence-electron chi connectivity index (χ0n) is 15.7. The van der Waals surface area contributed by atoms with Gasteiger partial charge in [0.15, 0.2) is 0 Å². The van der Waals surface area contributed by atoms with Gasteiger partial charge in [-0.1, -0.05) is 18.2 Å². The summed E-state index contributed by atoms with van der Waals surface area (Å²) in [7, 11) is 0. The van der Waals surface area contributed by atoms with Gasteiger partial charge in [-0.05, 0) is 59.7 Å². The van der Waals surface area contributed by atoms with Crippen LogP contribution in [0.25, 0.3) is 5.69 Å². The van der Waals surface area contributed by atoms with E-state index in [2.05, 4.69) is 20.8 Å². The van der Waals surface area contributed by atoms with Crippen molar-refractivity contribution in [3.8, 4) is 5.69 Å². The Kier molecular flexibility index (Phi) is 4.60. The molecule has 8 heteroatoms. The summed E-state index contributed by atoms with van der Waals surface area (Å²) in [5.74, 6) is -0.601. The predicted octanol–water partition coefficient (Wildman–Crippen LogP) is 2.27. The minimum atomic E-state index is -0.399. The maximum absolute atomic E-state index is 12.7. The number of benzene rings is 2. The fraction of sp³-hybridized carbons (Fsp3) is 0.250. The van der Waals surface area contributed by atoms with E-state index in [0.29, 0.717) is 12.2 Å². The quantitative estimate of drug-likeness (QED) is 0.754. The van der Waals surface area contributed by atoms with E-state index in [-0.39, 0.29) is 18.2 Å². The molecular formula is C20H20N6O2. The molecule has 1 aliphatic heterocycles. The molecule has 0 bridgehead atoms. The summed E-state index contributed by atoms with van der Waals surface area (Å²) in [6.07, 6.45) is 1.69. The van der Waals surface area contributed by atoms with Crippen molar-refractivity contribution in [3.63, 3.8) is 0 Å². The normalized spacial score (nSPS) is 16.4. The summed E-state index contributed by atoms with van der Waals surface area (Å²) in [6.45, 7) is 4.39. The second-order valence-electron chi connectivity index (χ2n) is 6.92. The smallest absolute Gasteiger partial charge is 0.229 e. The average molecular weight is 376 g/mol.